The lowest BCUT2D eigenvalue weighted by Crippen LogP contribution is -2.55. The van der Waals surface area contributed by atoms with Crippen LogP contribution < -0.4 is 0 Å². The highest BCUT2D eigenvalue weighted by Crippen LogP contribution is 2.72. The maximum Gasteiger partial charge on any atom is 0.338 e. The van der Waals surface area contributed by atoms with Gasteiger partial charge >= 0.3 is 5.97 Å². The Morgan fingerprint density at radius 2 is 1.59 bits per heavy atom. The summed E-state index contributed by atoms with van der Waals surface area (Å²) in [4.78, 5) is 13.0. The third-order valence-corrected chi connectivity index (χ3v) is 13.1. The lowest BCUT2D eigenvalue weighted by molar-refractivity contribution is -0.104. The average molecular weight is 533 g/mol. The topological polar surface area (TPSA) is 26.3 Å². The molecule has 7 atom stereocenters. The molecule has 0 aromatic heterocycles. The largest absolute Gasteiger partial charge is 0.458 e. The van der Waals surface area contributed by atoms with Crippen LogP contribution in [0.15, 0.2) is 41.5 Å². The quantitative estimate of drug-likeness (QED) is 0.258. The number of ether oxygens (including phenoxy) is 1. The van der Waals surface area contributed by atoms with Gasteiger partial charge in [0, 0.05) is 5.41 Å². The van der Waals surface area contributed by atoms with Crippen LogP contribution in [-0.2, 0) is 4.74 Å². The number of carbonyl (C=O) groups is 1. The van der Waals surface area contributed by atoms with Crippen LogP contribution in [0, 0.1) is 45.3 Å². The molecule has 216 valence electrons. The number of fused-ring (bicyclic) bond motifs is 4. The zero-order valence-electron chi connectivity index (χ0n) is 26.4. The Hall–Kier alpha value is -1.57. The number of carbonyl (C=O) groups excluding carboxylic acids is 1. The van der Waals surface area contributed by atoms with Crippen LogP contribution in [0.3, 0.4) is 0 Å². The number of benzene rings is 1. The van der Waals surface area contributed by atoms with E-state index >= 15 is 0 Å². The molecule has 0 spiro atoms. The first-order chi connectivity index (χ1) is 18.3. The van der Waals surface area contributed by atoms with Gasteiger partial charge < -0.3 is 4.74 Å². The molecule has 0 saturated heterocycles. The van der Waals surface area contributed by atoms with Gasteiger partial charge in [0.05, 0.1) is 5.56 Å². The summed E-state index contributed by atoms with van der Waals surface area (Å²) in [5.74, 6) is 2.91. The van der Waals surface area contributed by atoms with Gasteiger partial charge in [-0.15, -0.1) is 0 Å². The Labute approximate surface area is 239 Å². The summed E-state index contributed by atoms with van der Waals surface area (Å²) in [7, 11) is 0. The molecule has 0 amide bonds. The molecule has 0 heterocycles. The summed E-state index contributed by atoms with van der Waals surface area (Å²) in [5.41, 5.74) is 5.36. The fourth-order valence-electron chi connectivity index (χ4n) is 10.6. The predicted molar refractivity (Wildman–Crippen MR) is 163 cm³/mol. The minimum atomic E-state index is -0.159. The summed E-state index contributed by atoms with van der Waals surface area (Å²) >= 11 is 0. The van der Waals surface area contributed by atoms with Crippen LogP contribution in [0.2, 0.25) is 0 Å². The van der Waals surface area contributed by atoms with Crippen molar-refractivity contribution in [3.05, 3.63) is 47.0 Å². The molecule has 0 aliphatic heterocycles. The van der Waals surface area contributed by atoms with Gasteiger partial charge in [-0.3, -0.25) is 0 Å². The van der Waals surface area contributed by atoms with E-state index in [-0.39, 0.29) is 22.9 Å². The fraction of sp³-hybridized carbons (Fsp3) is 0.757. The highest BCUT2D eigenvalue weighted by molar-refractivity contribution is 5.89. The van der Waals surface area contributed by atoms with Gasteiger partial charge in [-0.05, 0) is 103 Å². The van der Waals surface area contributed by atoms with Gasteiger partial charge in [-0.1, -0.05) is 104 Å². The third-order valence-electron chi connectivity index (χ3n) is 13.1. The summed E-state index contributed by atoms with van der Waals surface area (Å²) < 4.78 is 6.26. The Bertz CT molecular complexity index is 1080. The molecule has 0 bridgehead atoms. The van der Waals surface area contributed by atoms with Crippen molar-refractivity contribution >= 4 is 5.97 Å². The van der Waals surface area contributed by atoms with Crippen molar-refractivity contribution in [2.45, 2.75) is 132 Å². The van der Waals surface area contributed by atoms with Gasteiger partial charge in [-0.25, -0.2) is 4.79 Å². The average Bonchev–Trinajstić information content (AvgIpc) is 3.17. The summed E-state index contributed by atoms with van der Waals surface area (Å²) in [6.07, 6.45) is 14.2. The third kappa shape index (κ3) is 4.64. The van der Waals surface area contributed by atoms with Crippen molar-refractivity contribution in [1.82, 2.24) is 0 Å². The van der Waals surface area contributed by atoms with Crippen LogP contribution in [-0.4, -0.2) is 12.1 Å². The second-order valence-electron chi connectivity index (χ2n) is 15.8. The van der Waals surface area contributed by atoms with Crippen molar-refractivity contribution in [3.63, 3.8) is 0 Å². The van der Waals surface area contributed by atoms with Crippen LogP contribution in [0.5, 0.6) is 0 Å². The first-order valence-electron chi connectivity index (χ1n) is 16.3. The van der Waals surface area contributed by atoms with E-state index in [0.29, 0.717) is 22.3 Å². The van der Waals surface area contributed by atoms with Crippen molar-refractivity contribution < 1.29 is 9.53 Å². The number of hydrogen-bond donors (Lipinski definition) is 0. The highest BCUT2D eigenvalue weighted by atomic mass is 16.5. The van der Waals surface area contributed by atoms with Crippen molar-refractivity contribution in [2.24, 2.45) is 45.3 Å². The molecule has 39 heavy (non-hydrogen) atoms. The van der Waals surface area contributed by atoms with E-state index in [0.717, 1.165) is 30.6 Å². The molecule has 2 nitrogen and oxygen atoms in total. The lowest BCUT2D eigenvalue weighted by Gasteiger charge is -2.62. The van der Waals surface area contributed by atoms with Gasteiger partial charge in [-0.2, -0.15) is 0 Å². The van der Waals surface area contributed by atoms with E-state index in [1.54, 1.807) is 0 Å². The fourth-order valence-corrected chi connectivity index (χ4v) is 10.6. The monoisotopic (exact) mass is 532 g/mol. The van der Waals surface area contributed by atoms with Crippen LogP contribution in [0.25, 0.3) is 0 Å². The van der Waals surface area contributed by atoms with Crippen molar-refractivity contribution in [2.75, 3.05) is 0 Å². The molecule has 0 radical (unpaired) electrons. The molecule has 1 aromatic carbocycles. The molecule has 2 fully saturated rings. The Balaban J connectivity index is 1.37. The molecule has 4 aliphatic rings. The van der Waals surface area contributed by atoms with E-state index in [2.05, 4.69) is 55.4 Å². The zero-order chi connectivity index (χ0) is 28.2. The molecule has 2 saturated carbocycles. The molecule has 0 N–H and O–H groups in total. The SMILES string of the molecule is CC(C)CCC[C@H](C)[C@@H]1CC[C@]2(C)C3=C(CC[C@]12C)[C@]1(C)CC[C@@H](OC(=O)c2ccccc2)C(C)(C)[C@@H]1CC3. The minimum absolute atomic E-state index is 0.0163. The first-order valence-corrected chi connectivity index (χ1v) is 16.3. The molecular formula is C37H56O2. The normalized spacial score (nSPS) is 38.1. The standard InChI is InChI=1S/C37H56O2/c1-25(2)13-12-14-26(3)28-19-23-37(8)30-17-18-31-34(4,5)32(39-33(38)27-15-10-9-11-16-27)21-22-35(31,6)29(30)20-24-36(28,37)7/h9-11,15-16,25-26,28,31-32H,12-14,17-24H2,1-8H3/t26-,28-,31-,32+,35-,36+,37+/m0/s1. The number of esters is 1. The summed E-state index contributed by atoms with van der Waals surface area (Å²) in [6.45, 7) is 20.0. The Morgan fingerprint density at radius 3 is 2.28 bits per heavy atom. The van der Waals surface area contributed by atoms with Crippen molar-refractivity contribution in [3.8, 4) is 0 Å². The van der Waals surface area contributed by atoms with E-state index in [4.69, 9.17) is 4.74 Å². The molecule has 4 aliphatic carbocycles. The number of allylic oxidation sites excluding steroid dienone is 2. The van der Waals surface area contributed by atoms with Gasteiger partial charge in [0.2, 0.25) is 0 Å². The molecular weight excluding hydrogens is 476 g/mol. The second-order valence-corrected chi connectivity index (χ2v) is 15.8. The molecule has 1 aromatic rings. The predicted octanol–water partition coefficient (Wildman–Crippen LogP) is 10.4. The Morgan fingerprint density at radius 1 is 0.872 bits per heavy atom. The van der Waals surface area contributed by atoms with E-state index in [1.165, 1.54) is 57.8 Å². The van der Waals surface area contributed by atoms with Crippen molar-refractivity contribution in [1.29, 1.82) is 0 Å². The second kappa shape index (κ2) is 10.4. The van der Waals surface area contributed by atoms with E-state index in [9.17, 15) is 4.79 Å². The van der Waals surface area contributed by atoms with Gasteiger partial charge in [0.1, 0.15) is 6.10 Å². The summed E-state index contributed by atoms with van der Waals surface area (Å²) in [6, 6.07) is 9.55. The summed E-state index contributed by atoms with van der Waals surface area (Å²) in [5, 5.41) is 0. The Kier molecular flexibility index (Phi) is 7.69. The highest BCUT2D eigenvalue weighted by Gasteiger charge is 2.63. The van der Waals surface area contributed by atoms with E-state index < -0.39 is 0 Å². The van der Waals surface area contributed by atoms with Crippen LogP contribution in [0.1, 0.15) is 136 Å². The maximum absolute atomic E-state index is 13.0. The van der Waals surface area contributed by atoms with Gasteiger partial charge in [0.25, 0.3) is 0 Å². The molecule has 5 rings (SSSR count). The molecule has 0 unspecified atom stereocenters. The number of hydrogen-bond acceptors (Lipinski definition) is 2. The van der Waals surface area contributed by atoms with Gasteiger partial charge in [0.15, 0.2) is 0 Å². The van der Waals surface area contributed by atoms with Crippen LogP contribution >= 0.6 is 0 Å². The maximum atomic E-state index is 13.0. The zero-order valence-corrected chi connectivity index (χ0v) is 26.4. The smallest absolute Gasteiger partial charge is 0.338 e. The molecule has 2 heteroatoms. The van der Waals surface area contributed by atoms with Crippen LogP contribution in [0.4, 0.5) is 0 Å². The van der Waals surface area contributed by atoms with E-state index in [1.807, 2.05) is 41.5 Å². The first kappa shape index (κ1) is 28.9. The minimum Gasteiger partial charge on any atom is -0.458 e. The lowest BCUT2D eigenvalue weighted by atomic mass is 9.43. The number of rotatable bonds is 7.